The highest BCUT2D eigenvalue weighted by atomic mass is 16.5. The first-order valence-corrected chi connectivity index (χ1v) is 6.71. The van der Waals surface area contributed by atoms with Crippen LogP contribution in [0, 0.1) is 5.92 Å². The topological polar surface area (TPSA) is 64.6 Å². The molecule has 5 heteroatoms. The quantitative estimate of drug-likeness (QED) is 0.609. The van der Waals surface area contributed by atoms with E-state index in [-0.39, 0.29) is 17.6 Å². The number of methoxy groups -OCH3 is 1. The van der Waals surface area contributed by atoms with Gasteiger partial charge in [0.1, 0.15) is 18.1 Å². The van der Waals surface area contributed by atoms with Gasteiger partial charge in [0.25, 0.3) is 0 Å². The Labute approximate surface area is 118 Å². The van der Waals surface area contributed by atoms with Crippen molar-refractivity contribution < 1.29 is 19.1 Å². The summed E-state index contributed by atoms with van der Waals surface area (Å²) in [5.41, 5.74) is 0.513. The molecular weight excluding hydrogens is 258 g/mol. The van der Waals surface area contributed by atoms with E-state index in [9.17, 15) is 9.59 Å². The van der Waals surface area contributed by atoms with E-state index in [1.165, 1.54) is 6.92 Å². The Hall–Kier alpha value is -2.04. The molecule has 108 valence electrons. The van der Waals surface area contributed by atoms with Crippen LogP contribution in [0.3, 0.4) is 0 Å². The standard InChI is InChI=1S/C15H19NO4/c1-10(17)13-6-5-12(19-2)9-14(13)20-8-7-16-15(18)11-3-4-11/h5-6,9,11H,3-4,7-8H2,1-2H3,(H,16,18). The van der Waals surface area contributed by atoms with Crippen molar-refractivity contribution in [1.29, 1.82) is 0 Å². The Bertz CT molecular complexity index is 509. The lowest BCUT2D eigenvalue weighted by Gasteiger charge is -2.12. The minimum atomic E-state index is -0.0651. The SMILES string of the molecule is COc1ccc(C(C)=O)c(OCCNC(=O)C2CC2)c1. The van der Waals surface area contributed by atoms with Crippen LogP contribution in [0.2, 0.25) is 0 Å². The Morgan fingerprint density at radius 2 is 2.10 bits per heavy atom. The summed E-state index contributed by atoms with van der Waals surface area (Å²) in [5, 5.41) is 2.81. The van der Waals surface area contributed by atoms with Gasteiger partial charge >= 0.3 is 0 Å². The van der Waals surface area contributed by atoms with Gasteiger partial charge in [-0.05, 0) is 31.9 Å². The molecule has 0 saturated heterocycles. The predicted octanol–water partition coefficient (Wildman–Crippen LogP) is 1.80. The van der Waals surface area contributed by atoms with E-state index in [4.69, 9.17) is 9.47 Å². The maximum atomic E-state index is 11.5. The zero-order chi connectivity index (χ0) is 14.5. The molecule has 0 heterocycles. The number of rotatable bonds is 7. The first-order chi connectivity index (χ1) is 9.61. The zero-order valence-corrected chi connectivity index (χ0v) is 11.8. The number of ether oxygens (including phenoxy) is 2. The molecule has 1 N–H and O–H groups in total. The minimum absolute atomic E-state index is 0.0651. The summed E-state index contributed by atoms with van der Waals surface area (Å²) in [5.74, 6) is 1.33. The van der Waals surface area contributed by atoms with Gasteiger partial charge in [-0.2, -0.15) is 0 Å². The van der Waals surface area contributed by atoms with Crippen molar-refractivity contribution in [2.45, 2.75) is 19.8 Å². The van der Waals surface area contributed by atoms with Gasteiger partial charge in [-0.25, -0.2) is 0 Å². The van der Waals surface area contributed by atoms with E-state index in [1.807, 2.05) is 0 Å². The molecule has 0 atom stereocenters. The molecule has 0 bridgehead atoms. The summed E-state index contributed by atoms with van der Waals surface area (Å²) in [4.78, 5) is 23.0. The maximum Gasteiger partial charge on any atom is 0.223 e. The number of carbonyl (C=O) groups excluding carboxylic acids is 2. The van der Waals surface area contributed by atoms with Crippen LogP contribution in [-0.4, -0.2) is 32.0 Å². The smallest absolute Gasteiger partial charge is 0.223 e. The molecule has 0 unspecified atom stereocenters. The second-order valence-electron chi connectivity index (χ2n) is 4.83. The fourth-order valence-electron chi connectivity index (χ4n) is 1.86. The Morgan fingerprint density at radius 1 is 1.35 bits per heavy atom. The van der Waals surface area contributed by atoms with Crippen molar-refractivity contribution in [2.75, 3.05) is 20.3 Å². The fourth-order valence-corrected chi connectivity index (χ4v) is 1.86. The van der Waals surface area contributed by atoms with Crippen molar-refractivity contribution in [3.05, 3.63) is 23.8 Å². The van der Waals surface area contributed by atoms with E-state index in [0.717, 1.165) is 12.8 Å². The number of benzene rings is 1. The van der Waals surface area contributed by atoms with Crippen LogP contribution >= 0.6 is 0 Å². The van der Waals surface area contributed by atoms with E-state index >= 15 is 0 Å². The van der Waals surface area contributed by atoms with Crippen molar-refractivity contribution in [2.24, 2.45) is 5.92 Å². The van der Waals surface area contributed by atoms with Crippen molar-refractivity contribution in [3.8, 4) is 11.5 Å². The zero-order valence-electron chi connectivity index (χ0n) is 11.8. The van der Waals surface area contributed by atoms with E-state index in [1.54, 1.807) is 25.3 Å². The summed E-state index contributed by atoms with van der Waals surface area (Å²) in [7, 11) is 1.56. The molecular formula is C15H19NO4. The van der Waals surface area contributed by atoms with Gasteiger partial charge in [-0.3, -0.25) is 9.59 Å². The van der Waals surface area contributed by atoms with Crippen LogP contribution < -0.4 is 14.8 Å². The van der Waals surface area contributed by atoms with Gasteiger partial charge in [0.05, 0.1) is 19.2 Å². The molecule has 0 aromatic heterocycles. The number of carbonyl (C=O) groups is 2. The Kier molecular flexibility index (Phi) is 4.61. The number of hydrogen-bond acceptors (Lipinski definition) is 4. The van der Waals surface area contributed by atoms with Gasteiger partial charge in [-0.15, -0.1) is 0 Å². The van der Waals surface area contributed by atoms with Crippen molar-refractivity contribution >= 4 is 11.7 Å². The molecule has 20 heavy (non-hydrogen) atoms. The number of Topliss-reactive ketones (excluding diaryl/α,β-unsaturated/α-hetero) is 1. The lowest BCUT2D eigenvalue weighted by Crippen LogP contribution is -2.29. The van der Waals surface area contributed by atoms with Gasteiger partial charge in [0.15, 0.2) is 5.78 Å². The van der Waals surface area contributed by atoms with Gasteiger partial charge < -0.3 is 14.8 Å². The van der Waals surface area contributed by atoms with E-state index in [2.05, 4.69) is 5.32 Å². The van der Waals surface area contributed by atoms with E-state index in [0.29, 0.717) is 30.2 Å². The third kappa shape index (κ3) is 3.73. The number of nitrogens with one attached hydrogen (secondary N) is 1. The first kappa shape index (κ1) is 14.4. The molecule has 0 spiro atoms. The van der Waals surface area contributed by atoms with Crippen molar-refractivity contribution in [1.82, 2.24) is 5.32 Å². The highest BCUT2D eigenvalue weighted by Crippen LogP contribution is 2.28. The lowest BCUT2D eigenvalue weighted by atomic mass is 10.1. The summed E-state index contributed by atoms with van der Waals surface area (Å²) in [6.07, 6.45) is 1.97. The lowest BCUT2D eigenvalue weighted by molar-refractivity contribution is -0.122. The average molecular weight is 277 g/mol. The summed E-state index contributed by atoms with van der Waals surface area (Å²) < 4.78 is 10.7. The minimum Gasteiger partial charge on any atom is -0.497 e. The third-order valence-electron chi connectivity index (χ3n) is 3.18. The summed E-state index contributed by atoms with van der Waals surface area (Å²) in [6, 6.07) is 5.08. The maximum absolute atomic E-state index is 11.5. The Morgan fingerprint density at radius 3 is 2.70 bits per heavy atom. The molecule has 1 aromatic carbocycles. The molecule has 0 radical (unpaired) electrons. The van der Waals surface area contributed by atoms with E-state index < -0.39 is 0 Å². The molecule has 1 fully saturated rings. The average Bonchev–Trinajstić information content (AvgIpc) is 3.27. The van der Waals surface area contributed by atoms with Crippen LogP contribution in [0.15, 0.2) is 18.2 Å². The molecule has 1 amide bonds. The third-order valence-corrected chi connectivity index (χ3v) is 3.18. The van der Waals surface area contributed by atoms with Gasteiger partial charge in [-0.1, -0.05) is 0 Å². The molecule has 1 aliphatic rings. The van der Waals surface area contributed by atoms with Crippen LogP contribution in [0.5, 0.6) is 11.5 Å². The summed E-state index contributed by atoms with van der Waals surface area (Å²) in [6.45, 7) is 2.25. The number of hydrogen-bond donors (Lipinski definition) is 1. The second kappa shape index (κ2) is 6.41. The summed E-state index contributed by atoms with van der Waals surface area (Å²) >= 11 is 0. The molecule has 1 aliphatic carbocycles. The molecule has 2 rings (SSSR count). The van der Waals surface area contributed by atoms with Crippen LogP contribution in [0.1, 0.15) is 30.1 Å². The number of amides is 1. The van der Waals surface area contributed by atoms with Crippen LogP contribution in [-0.2, 0) is 4.79 Å². The normalized spacial score (nSPS) is 13.7. The van der Waals surface area contributed by atoms with Crippen LogP contribution in [0.25, 0.3) is 0 Å². The first-order valence-electron chi connectivity index (χ1n) is 6.71. The highest BCUT2D eigenvalue weighted by Gasteiger charge is 2.29. The largest absolute Gasteiger partial charge is 0.497 e. The Balaban J connectivity index is 1.89. The fraction of sp³-hybridized carbons (Fsp3) is 0.467. The van der Waals surface area contributed by atoms with Gasteiger partial charge in [0, 0.05) is 12.0 Å². The van der Waals surface area contributed by atoms with Crippen molar-refractivity contribution in [3.63, 3.8) is 0 Å². The molecule has 0 aliphatic heterocycles. The molecule has 1 saturated carbocycles. The highest BCUT2D eigenvalue weighted by molar-refractivity contribution is 5.97. The van der Waals surface area contributed by atoms with Gasteiger partial charge in [0.2, 0.25) is 5.91 Å². The number of ketones is 1. The predicted molar refractivity (Wildman–Crippen MR) is 74.2 cm³/mol. The molecule has 5 nitrogen and oxygen atoms in total. The monoisotopic (exact) mass is 277 g/mol. The van der Waals surface area contributed by atoms with Crippen LogP contribution in [0.4, 0.5) is 0 Å². The second-order valence-corrected chi connectivity index (χ2v) is 4.83. The molecule has 1 aromatic rings.